The van der Waals surface area contributed by atoms with E-state index in [1.165, 1.54) is 4.90 Å². The number of aliphatic carboxylic acids is 1. The number of aliphatic hydroxyl groups excluding tert-OH is 1. The average molecular weight is 480 g/mol. The third kappa shape index (κ3) is 4.93. The van der Waals surface area contributed by atoms with Crippen molar-refractivity contribution in [3.63, 3.8) is 0 Å². The number of halogens is 1. The van der Waals surface area contributed by atoms with Crippen LogP contribution in [0.2, 0.25) is 5.02 Å². The Kier molecular flexibility index (Phi) is 6.91. The van der Waals surface area contributed by atoms with Gasteiger partial charge in [-0.25, -0.2) is 0 Å². The molecule has 1 amide bonds. The van der Waals surface area contributed by atoms with E-state index in [0.29, 0.717) is 28.4 Å². The van der Waals surface area contributed by atoms with Gasteiger partial charge in [0.1, 0.15) is 5.75 Å². The molecule has 0 saturated heterocycles. The molecule has 3 aromatic rings. The Labute approximate surface area is 203 Å². The smallest absolute Gasteiger partial charge is 0.303 e. The van der Waals surface area contributed by atoms with Crippen molar-refractivity contribution >= 4 is 29.2 Å². The van der Waals surface area contributed by atoms with Gasteiger partial charge in [0.05, 0.1) is 11.8 Å². The first kappa shape index (κ1) is 23.8. The lowest BCUT2D eigenvalue weighted by Crippen LogP contribution is -2.35. The highest BCUT2D eigenvalue weighted by Gasteiger charge is 2.26. The number of likely N-dealkylation sites (N-methyl/N-ethyl adjacent to an activating group) is 1. The summed E-state index contributed by atoms with van der Waals surface area (Å²) in [7, 11) is 1.69. The van der Waals surface area contributed by atoms with Crippen LogP contribution < -0.4 is 9.64 Å². The zero-order chi connectivity index (χ0) is 24.4. The summed E-state index contributed by atoms with van der Waals surface area (Å²) >= 11 is 6.63. The molecule has 4 rings (SSSR count). The molecule has 1 unspecified atom stereocenters. The molecule has 0 aliphatic carbocycles. The SMILES string of the molecule is C[C@@H](c1ccc(-c2ccc(CCC(=O)O)cc2)cc1Cl)C(O)c1ccc2c(c1)N(C)C(=O)CO2. The van der Waals surface area contributed by atoms with E-state index < -0.39 is 12.1 Å². The highest BCUT2D eigenvalue weighted by Crippen LogP contribution is 2.40. The van der Waals surface area contributed by atoms with Crippen molar-refractivity contribution < 1.29 is 24.5 Å². The van der Waals surface area contributed by atoms with Crippen molar-refractivity contribution in [1.82, 2.24) is 0 Å². The number of ether oxygens (including phenoxy) is 1. The van der Waals surface area contributed by atoms with E-state index in [0.717, 1.165) is 22.3 Å². The second kappa shape index (κ2) is 9.87. The van der Waals surface area contributed by atoms with Gasteiger partial charge in [0.15, 0.2) is 6.61 Å². The van der Waals surface area contributed by atoms with Gasteiger partial charge in [0.25, 0.3) is 5.91 Å². The van der Waals surface area contributed by atoms with Crippen LogP contribution in [-0.2, 0) is 16.0 Å². The minimum atomic E-state index is -0.826. The molecule has 3 aromatic carbocycles. The summed E-state index contributed by atoms with van der Waals surface area (Å²) in [6, 6.07) is 18.9. The van der Waals surface area contributed by atoms with Crippen LogP contribution in [0, 0.1) is 0 Å². The summed E-state index contributed by atoms with van der Waals surface area (Å²) in [5.74, 6) is -0.627. The molecule has 0 bridgehead atoms. The number of fused-ring (bicyclic) bond motifs is 1. The summed E-state index contributed by atoms with van der Waals surface area (Å²) in [6.07, 6.45) is -0.236. The van der Waals surface area contributed by atoms with E-state index in [2.05, 4.69) is 0 Å². The lowest BCUT2D eigenvalue weighted by Gasteiger charge is -2.28. The van der Waals surface area contributed by atoms with Crippen LogP contribution in [0.5, 0.6) is 5.75 Å². The maximum atomic E-state index is 12.0. The Morgan fingerprint density at radius 3 is 2.47 bits per heavy atom. The monoisotopic (exact) mass is 479 g/mol. The molecule has 7 heteroatoms. The number of benzene rings is 3. The number of aliphatic hydroxyl groups is 1. The van der Waals surface area contributed by atoms with Crippen LogP contribution >= 0.6 is 11.6 Å². The van der Waals surface area contributed by atoms with Gasteiger partial charge < -0.3 is 19.8 Å². The summed E-state index contributed by atoms with van der Waals surface area (Å²) < 4.78 is 5.47. The number of carboxylic acids is 1. The predicted molar refractivity (Wildman–Crippen MR) is 132 cm³/mol. The summed E-state index contributed by atoms with van der Waals surface area (Å²) in [5, 5.41) is 20.5. The molecule has 0 radical (unpaired) electrons. The quantitative estimate of drug-likeness (QED) is 0.485. The first-order chi connectivity index (χ1) is 16.2. The van der Waals surface area contributed by atoms with Gasteiger partial charge >= 0.3 is 5.97 Å². The largest absolute Gasteiger partial charge is 0.482 e. The fourth-order valence-corrected chi connectivity index (χ4v) is 4.48. The maximum Gasteiger partial charge on any atom is 0.303 e. The number of carboxylic acid groups (broad SMARTS) is 1. The second-order valence-electron chi connectivity index (χ2n) is 8.53. The number of hydrogen-bond donors (Lipinski definition) is 2. The molecule has 2 N–H and O–H groups in total. The number of hydrogen-bond acceptors (Lipinski definition) is 4. The van der Waals surface area contributed by atoms with Crippen LogP contribution in [0.1, 0.15) is 42.1 Å². The molecule has 176 valence electrons. The van der Waals surface area contributed by atoms with E-state index in [1.54, 1.807) is 25.2 Å². The van der Waals surface area contributed by atoms with Crippen LogP contribution in [0.25, 0.3) is 11.1 Å². The fraction of sp³-hybridized carbons (Fsp3) is 0.259. The number of rotatable bonds is 7. The molecular formula is C27H26ClNO5. The van der Waals surface area contributed by atoms with Crippen molar-refractivity contribution in [3.8, 4) is 16.9 Å². The Hall–Kier alpha value is -3.35. The molecular weight excluding hydrogens is 454 g/mol. The van der Waals surface area contributed by atoms with Gasteiger partial charge in [-0.3, -0.25) is 9.59 Å². The molecule has 2 atom stereocenters. The number of anilines is 1. The average Bonchev–Trinajstić information content (AvgIpc) is 2.84. The van der Waals surface area contributed by atoms with Gasteiger partial charge in [-0.2, -0.15) is 0 Å². The Balaban J connectivity index is 1.53. The molecule has 0 aromatic heterocycles. The van der Waals surface area contributed by atoms with Crippen molar-refractivity contribution in [2.45, 2.75) is 31.8 Å². The normalized spacial score (nSPS) is 14.8. The van der Waals surface area contributed by atoms with Crippen LogP contribution in [0.15, 0.2) is 60.7 Å². The molecule has 0 fully saturated rings. The van der Waals surface area contributed by atoms with Gasteiger partial charge in [-0.05, 0) is 52.4 Å². The number of aryl methyl sites for hydroxylation is 1. The summed E-state index contributed by atoms with van der Waals surface area (Å²) in [5.41, 5.74) is 5.00. The highest BCUT2D eigenvalue weighted by molar-refractivity contribution is 6.31. The van der Waals surface area contributed by atoms with E-state index >= 15 is 0 Å². The standard InChI is InChI=1S/C27H26ClNO5/c1-16(27(33)20-9-11-24-23(14-20)29(2)25(30)15-34-24)21-10-8-19(13-22(21)28)18-6-3-17(4-7-18)5-12-26(31)32/h3-4,6-11,13-14,16,27,33H,5,12,15H2,1-2H3,(H,31,32)/t16-,27?/m0/s1. The first-order valence-corrected chi connectivity index (χ1v) is 11.4. The lowest BCUT2D eigenvalue weighted by atomic mass is 9.89. The third-order valence-corrected chi connectivity index (χ3v) is 6.62. The molecule has 1 aliphatic heterocycles. The number of carbonyl (C=O) groups is 2. The van der Waals surface area contributed by atoms with Crippen LogP contribution in [0.3, 0.4) is 0 Å². The minimum Gasteiger partial charge on any atom is -0.482 e. The fourth-order valence-electron chi connectivity index (χ4n) is 4.12. The van der Waals surface area contributed by atoms with Crippen LogP contribution in [0.4, 0.5) is 5.69 Å². The van der Waals surface area contributed by atoms with Crippen molar-refractivity contribution in [1.29, 1.82) is 0 Å². The third-order valence-electron chi connectivity index (χ3n) is 6.29. The van der Waals surface area contributed by atoms with E-state index in [-0.39, 0.29) is 24.9 Å². The Morgan fingerprint density at radius 1 is 1.09 bits per heavy atom. The molecule has 6 nitrogen and oxygen atoms in total. The number of nitrogens with zero attached hydrogens (tertiary/aromatic N) is 1. The molecule has 1 aliphatic rings. The molecule has 0 saturated carbocycles. The maximum absolute atomic E-state index is 12.0. The van der Waals surface area contributed by atoms with Crippen molar-refractivity contribution in [2.75, 3.05) is 18.6 Å². The predicted octanol–water partition coefficient (Wildman–Crippen LogP) is 5.22. The zero-order valence-corrected chi connectivity index (χ0v) is 19.7. The van der Waals surface area contributed by atoms with Gasteiger partial charge in [0, 0.05) is 24.4 Å². The number of amides is 1. The Morgan fingerprint density at radius 2 is 1.79 bits per heavy atom. The second-order valence-corrected chi connectivity index (χ2v) is 8.94. The van der Waals surface area contributed by atoms with E-state index in [4.69, 9.17) is 21.4 Å². The van der Waals surface area contributed by atoms with E-state index in [1.807, 2.05) is 49.4 Å². The molecule has 0 spiro atoms. The lowest BCUT2D eigenvalue weighted by molar-refractivity contribution is -0.137. The van der Waals surface area contributed by atoms with E-state index in [9.17, 15) is 14.7 Å². The first-order valence-electron chi connectivity index (χ1n) is 11.1. The highest BCUT2D eigenvalue weighted by atomic mass is 35.5. The van der Waals surface area contributed by atoms with Crippen LogP contribution in [-0.4, -0.2) is 35.7 Å². The van der Waals surface area contributed by atoms with Crippen molar-refractivity contribution in [3.05, 3.63) is 82.4 Å². The Bertz CT molecular complexity index is 1220. The minimum absolute atomic E-state index is 0.00875. The summed E-state index contributed by atoms with van der Waals surface area (Å²) in [6.45, 7) is 1.92. The van der Waals surface area contributed by atoms with Gasteiger partial charge in [0.2, 0.25) is 0 Å². The number of carbonyl (C=O) groups excluding carboxylic acids is 1. The summed E-state index contributed by atoms with van der Waals surface area (Å²) in [4.78, 5) is 24.3. The van der Waals surface area contributed by atoms with Gasteiger partial charge in [-0.1, -0.05) is 61.0 Å². The topological polar surface area (TPSA) is 87.1 Å². The van der Waals surface area contributed by atoms with Crippen molar-refractivity contribution in [2.24, 2.45) is 0 Å². The molecule has 34 heavy (non-hydrogen) atoms. The zero-order valence-electron chi connectivity index (χ0n) is 19.0. The van der Waals surface area contributed by atoms with Gasteiger partial charge in [-0.15, -0.1) is 0 Å². The molecule has 1 heterocycles.